The number of fused-ring (bicyclic) bond motifs is 1. The highest BCUT2D eigenvalue weighted by molar-refractivity contribution is 5.79. The highest BCUT2D eigenvalue weighted by Gasteiger charge is 2.67. The molecular weight excluding hydrogens is 214 g/mol. The van der Waals surface area contributed by atoms with Crippen molar-refractivity contribution in [1.82, 2.24) is 4.90 Å². The average Bonchev–Trinajstić information content (AvgIpc) is 2.43. The van der Waals surface area contributed by atoms with E-state index >= 15 is 0 Å². The molecule has 2 aliphatic heterocycles. The molecule has 0 bridgehead atoms. The molecule has 0 aromatic rings. The Hall–Kier alpha value is -0.570. The minimum Gasteiger partial charge on any atom is -0.459 e. The van der Waals surface area contributed by atoms with Crippen LogP contribution in [-0.2, 0) is 9.53 Å². The summed E-state index contributed by atoms with van der Waals surface area (Å²) in [4.78, 5) is 14.6. The fourth-order valence-electron chi connectivity index (χ4n) is 3.49. The smallest absolute Gasteiger partial charge is 0.324 e. The molecule has 98 valence electrons. The van der Waals surface area contributed by atoms with E-state index in [4.69, 9.17) is 4.74 Å². The van der Waals surface area contributed by atoms with Gasteiger partial charge in [0.1, 0.15) is 11.6 Å². The molecule has 0 saturated carbocycles. The summed E-state index contributed by atoms with van der Waals surface area (Å²) in [7, 11) is 0. The van der Waals surface area contributed by atoms with Crippen molar-refractivity contribution in [1.29, 1.82) is 0 Å². The van der Waals surface area contributed by atoms with Crippen molar-refractivity contribution in [2.24, 2.45) is 5.41 Å². The van der Waals surface area contributed by atoms with E-state index in [2.05, 4.69) is 25.7 Å². The van der Waals surface area contributed by atoms with Crippen LogP contribution in [0.3, 0.4) is 0 Å². The van der Waals surface area contributed by atoms with E-state index in [1.54, 1.807) is 0 Å². The average molecular weight is 239 g/mol. The Labute approximate surface area is 105 Å². The molecule has 0 N–H and O–H groups in total. The Morgan fingerprint density at radius 1 is 1.29 bits per heavy atom. The van der Waals surface area contributed by atoms with Crippen molar-refractivity contribution in [3.63, 3.8) is 0 Å². The zero-order valence-corrected chi connectivity index (χ0v) is 12.0. The van der Waals surface area contributed by atoms with E-state index < -0.39 is 5.60 Å². The Morgan fingerprint density at radius 2 is 1.88 bits per heavy atom. The van der Waals surface area contributed by atoms with Crippen molar-refractivity contribution < 1.29 is 9.53 Å². The van der Waals surface area contributed by atoms with Crippen molar-refractivity contribution in [2.75, 3.05) is 6.54 Å². The third-order valence-corrected chi connectivity index (χ3v) is 4.71. The third-order valence-electron chi connectivity index (χ3n) is 4.71. The zero-order valence-electron chi connectivity index (χ0n) is 12.0. The zero-order chi connectivity index (χ0) is 13.1. The lowest BCUT2D eigenvalue weighted by Crippen LogP contribution is -2.76. The van der Waals surface area contributed by atoms with Gasteiger partial charge in [0, 0.05) is 11.0 Å². The maximum Gasteiger partial charge on any atom is 0.324 e. The number of carbonyl (C=O) groups excluding carboxylic acids is 1. The second kappa shape index (κ2) is 3.47. The Kier molecular flexibility index (Phi) is 2.63. The van der Waals surface area contributed by atoms with Crippen LogP contribution in [0.1, 0.15) is 54.4 Å². The van der Waals surface area contributed by atoms with E-state index in [-0.39, 0.29) is 23.0 Å². The molecule has 2 fully saturated rings. The maximum atomic E-state index is 12.3. The van der Waals surface area contributed by atoms with Gasteiger partial charge in [0.25, 0.3) is 0 Å². The number of nitrogens with zero attached hydrogens (tertiary/aromatic N) is 1. The Balaban J connectivity index is 2.16. The van der Waals surface area contributed by atoms with Crippen molar-refractivity contribution >= 4 is 5.97 Å². The largest absolute Gasteiger partial charge is 0.459 e. The molecule has 0 unspecified atom stereocenters. The predicted molar refractivity (Wildman–Crippen MR) is 67.8 cm³/mol. The van der Waals surface area contributed by atoms with Crippen LogP contribution in [0.5, 0.6) is 0 Å². The fraction of sp³-hybridized carbons (Fsp3) is 0.929. The summed E-state index contributed by atoms with van der Waals surface area (Å²) < 4.78 is 5.55. The summed E-state index contributed by atoms with van der Waals surface area (Å²) in [6.45, 7) is 13.5. The van der Waals surface area contributed by atoms with Gasteiger partial charge < -0.3 is 4.74 Å². The monoisotopic (exact) mass is 239 g/mol. The second-order valence-corrected chi connectivity index (χ2v) is 7.23. The summed E-state index contributed by atoms with van der Waals surface area (Å²) in [6, 6.07) is -0.0609. The van der Waals surface area contributed by atoms with Gasteiger partial charge in [-0.1, -0.05) is 13.8 Å². The van der Waals surface area contributed by atoms with E-state index in [1.165, 1.54) is 12.8 Å². The summed E-state index contributed by atoms with van der Waals surface area (Å²) in [6.07, 6.45) is 2.39. The number of carbonyl (C=O) groups is 1. The number of hydrogen-bond acceptors (Lipinski definition) is 3. The molecule has 2 heterocycles. The molecule has 2 rings (SSSR count). The van der Waals surface area contributed by atoms with Gasteiger partial charge in [-0.25, -0.2) is 0 Å². The first-order chi connectivity index (χ1) is 7.59. The summed E-state index contributed by atoms with van der Waals surface area (Å²) in [5.41, 5.74) is -0.181. The van der Waals surface area contributed by atoms with Crippen LogP contribution in [0, 0.1) is 5.41 Å². The fourth-order valence-corrected chi connectivity index (χ4v) is 3.49. The number of hydrogen-bond donors (Lipinski definition) is 0. The van der Waals surface area contributed by atoms with Gasteiger partial charge in [0.2, 0.25) is 0 Å². The van der Waals surface area contributed by atoms with Crippen molar-refractivity contribution in [3.8, 4) is 0 Å². The van der Waals surface area contributed by atoms with Gasteiger partial charge >= 0.3 is 5.97 Å². The molecule has 3 heteroatoms. The Morgan fingerprint density at radius 3 is 2.41 bits per heavy atom. The summed E-state index contributed by atoms with van der Waals surface area (Å²) >= 11 is 0. The number of rotatable bonds is 1. The van der Waals surface area contributed by atoms with Gasteiger partial charge in [-0.3, -0.25) is 9.69 Å². The van der Waals surface area contributed by atoms with Gasteiger partial charge in [-0.05, 0) is 47.1 Å². The maximum absolute atomic E-state index is 12.3. The lowest BCUT2D eigenvalue weighted by atomic mass is 9.59. The van der Waals surface area contributed by atoms with Crippen molar-refractivity contribution in [3.05, 3.63) is 0 Å². The highest BCUT2D eigenvalue weighted by Crippen LogP contribution is 2.57. The molecule has 3 nitrogen and oxygen atoms in total. The summed E-state index contributed by atoms with van der Waals surface area (Å²) in [5, 5.41) is 0. The van der Waals surface area contributed by atoms with Crippen LogP contribution in [0.15, 0.2) is 0 Å². The van der Waals surface area contributed by atoms with Gasteiger partial charge in [0.15, 0.2) is 0 Å². The lowest BCUT2D eigenvalue weighted by molar-refractivity contribution is -0.205. The van der Waals surface area contributed by atoms with Crippen LogP contribution >= 0.6 is 0 Å². The van der Waals surface area contributed by atoms with E-state index in [9.17, 15) is 4.79 Å². The van der Waals surface area contributed by atoms with Crippen LogP contribution in [0.4, 0.5) is 0 Å². The molecule has 0 aromatic carbocycles. The number of ether oxygens (including phenoxy) is 1. The molecule has 2 aliphatic rings. The van der Waals surface area contributed by atoms with E-state index in [0.29, 0.717) is 0 Å². The van der Waals surface area contributed by atoms with E-state index in [0.717, 1.165) is 6.54 Å². The molecule has 0 spiro atoms. The molecule has 0 aliphatic carbocycles. The number of esters is 1. The molecular formula is C14H25NO2. The minimum absolute atomic E-state index is 0.0197. The quantitative estimate of drug-likeness (QED) is 0.659. The molecule has 0 aromatic heterocycles. The minimum atomic E-state index is -0.390. The Bertz CT molecular complexity index is 343. The highest BCUT2D eigenvalue weighted by atomic mass is 16.6. The van der Waals surface area contributed by atoms with Crippen LogP contribution in [0.25, 0.3) is 0 Å². The molecule has 2 saturated heterocycles. The second-order valence-electron chi connectivity index (χ2n) is 7.23. The third kappa shape index (κ3) is 1.70. The summed E-state index contributed by atoms with van der Waals surface area (Å²) in [5.74, 6) is -0.0538. The van der Waals surface area contributed by atoms with Crippen LogP contribution in [0.2, 0.25) is 0 Å². The molecule has 2 atom stereocenters. The van der Waals surface area contributed by atoms with E-state index in [1.807, 2.05) is 20.8 Å². The first-order valence-corrected chi connectivity index (χ1v) is 6.59. The van der Waals surface area contributed by atoms with Crippen LogP contribution in [-0.4, -0.2) is 34.6 Å². The van der Waals surface area contributed by atoms with Crippen LogP contribution < -0.4 is 0 Å². The van der Waals surface area contributed by atoms with Gasteiger partial charge in [-0.2, -0.15) is 0 Å². The topological polar surface area (TPSA) is 29.5 Å². The first-order valence-electron chi connectivity index (χ1n) is 6.59. The SMILES string of the molecule is CC(C)(C)OC(=O)[C@H]1N2CCC[C@@]2(C)C1(C)C. The standard InChI is InChI=1S/C14H25NO2/c1-12(2,3)17-11(16)10-13(4,5)14(6)8-7-9-15(10)14/h10H,7-9H2,1-6H3/t10-,14+/m1/s1. The lowest BCUT2D eigenvalue weighted by Gasteiger charge is -2.64. The van der Waals surface area contributed by atoms with Crippen molar-refractivity contribution in [2.45, 2.75) is 71.6 Å². The molecule has 0 radical (unpaired) electrons. The predicted octanol–water partition coefficient (Wildman–Crippen LogP) is 2.59. The normalized spacial score (nSPS) is 36.2. The van der Waals surface area contributed by atoms with Gasteiger partial charge in [-0.15, -0.1) is 0 Å². The first kappa shape index (κ1) is 12.9. The van der Waals surface area contributed by atoms with Gasteiger partial charge in [0.05, 0.1) is 0 Å². The molecule has 0 amide bonds. The molecule has 17 heavy (non-hydrogen) atoms.